The first-order valence-electron chi connectivity index (χ1n) is 7.18. The van der Waals surface area contributed by atoms with E-state index in [1.54, 1.807) is 0 Å². The first kappa shape index (κ1) is 14.3. The number of carbonyl (C=O) groups excluding carboxylic acids is 2. The van der Waals surface area contributed by atoms with Gasteiger partial charge in [-0.05, 0) is 33.1 Å². The Bertz CT molecular complexity index is 373. The Morgan fingerprint density at radius 3 is 2.53 bits per heavy atom. The van der Waals surface area contributed by atoms with E-state index in [1.807, 2.05) is 13.8 Å². The summed E-state index contributed by atoms with van der Waals surface area (Å²) in [6, 6.07) is -0.122. The molecule has 0 aromatic heterocycles. The minimum absolute atomic E-state index is 0.0203. The highest BCUT2D eigenvalue weighted by molar-refractivity contribution is 5.86. The lowest BCUT2D eigenvalue weighted by atomic mass is 9.82. The smallest absolute Gasteiger partial charge is 0.252 e. The maximum absolute atomic E-state index is 12.3. The monoisotopic (exact) mass is 268 g/mol. The second-order valence-corrected chi connectivity index (χ2v) is 6.43. The molecule has 3 N–H and O–H groups in total. The molecule has 1 saturated carbocycles. The third-order valence-corrected chi connectivity index (χ3v) is 4.40. The molecule has 19 heavy (non-hydrogen) atoms. The summed E-state index contributed by atoms with van der Waals surface area (Å²) in [5.41, 5.74) is -1.67. The topological polar surface area (TPSA) is 78.4 Å². The van der Waals surface area contributed by atoms with E-state index in [0.717, 1.165) is 19.3 Å². The van der Waals surface area contributed by atoms with Gasteiger partial charge in [-0.3, -0.25) is 9.59 Å². The van der Waals surface area contributed by atoms with Crippen molar-refractivity contribution in [2.75, 3.05) is 0 Å². The predicted octanol–water partition coefficient (Wildman–Crippen LogP) is 0.855. The lowest BCUT2D eigenvalue weighted by Gasteiger charge is -2.41. The molecule has 2 amide bonds. The van der Waals surface area contributed by atoms with Gasteiger partial charge in [-0.1, -0.05) is 19.3 Å². The van der Waals surface area contributed by atoms with E-state index in [-0.39, 0.29) is 17.9 Å². The van der Waals surface area contributed by atoms with E-state index in [0.29, 0.717) is 25.7 Å². The zero-order valence-electron chi connectivity index (χ0n) is 11.8. The molecule has 1 aliphatic heterocycles. The lowest BCUT2D eigenvalue weighted by Crippen LogP contribution is -2.64. The van der Waals surface area contributed by atoms with Gasteiger partial charge in [-0.15, -0.1) is 0 Å². The van der Waals surface area contributed by atoms with Crippen molar-refractivity contribution in [3.05, 3.63) is 0 Å². The van der Waals surface area contributed by atoms with Crippen LogP contribution in [0.25, 0.3) is 0 Å². The Morgan fingerprint density at radius 2 is 1.95 bits per heavy atom. The molecular formula is C14H24N2O3. The largest absolute Gasteiger partial charge is 0.380 e. The molecule has 0 aromatic rings. The molecule has 5 heteroatoms. The third kappa shape index (κ3) is 3.08. The Balaban J connectivity index is 2.00. The summed E-state index contributed by atoms with van der Waals surface area (Å²) >= 11 is 0. The van der Waals surface area contributed by atoms with Crippen molar-refractivity contribution in [2.45, 2.75) is 76.0 Å². The molecule has 2 fully saturated rings. The van der Waals surface area contributed by atoms with Crippen LogP contribution in [0.5, 0.6) is 0 Å². The van der Waals surface area contributed by atoms with Gasteiger partial charge in [0.15, 0.2) is 0 Å². The molecule has 1 unspecified atom stereocenters. The van der Waals surface area contributed by atoms with Crippen LogP contribution in [0.1, 0.15) is 58.8 Å². The maximum atomic E-state index is 12.3. The SMILES string of the molecule is CC1(C)NC(=O)CCC1NC(=O)C1(O)CCCCC1. The zero-order valence-corrected chi connectivity index (χ0v) is 11.8. The quantitative estimate of drug-likeness (QED) is 0.695. The van der Waals surface area contributed by atoms with E-state index in [2.05, 4.69) is 10.6 Å². The molecule has 2 aliphatic rings. The molecule has 0 bridgehead atoms. The predicted molar refractivity (Wildman–Crippen MR) is 71.4 cm³/mol. The minimum Gasteiger partial charge on any atom is -0.380 e. The average Bonchev–Trinajstić information content (AvgIpc) is 2.33. The van der Waals surface area contributed by atoms with Gasteiger partial charge >= 0.3 is 0 Å². The summed E-state index contributed by atoms with van der Waals surface area (Å²) in [5, 5.41) is 16.2. The van der Waals surface area contributed by atoms with Gasteiger partial charge in [0.25, 0.3) is 5.91 Å². The zero-order chi connectivity index (χ0) is 14.1. The normalized spacial score (nSPS) is 29.4. The second kappa shape index (κ2) is 5.12. The van der Waals surface area contributed by atoms with Crippen LogP contribution in [0.15, 0.2) is 0 Å². The van der Waals surface area contributed by atoms with Gasteiger partial charge in [0.2, 0.25) is 5.91 Å². The maximum Gasteiger partial charge on any atom is 0.252 e. The lowest BCUT2D eigenvalue weighted by molar-refractivity contribution is -0.145. The van der Waals surface area contributed by atoms with Crippen LogP contribution in [0.4, 0.5) is 0 Å². The molecule has 1 saturated heterocycles. The average molecular weight is 268 g/mol. The molecule has 0 radical (unpaired) electrons. The number of carbonyl (C=O) groups is 2. The van der Waals surface area contributed by atoms with Crippen molar-refractivity contribution < 1.29 is 14.7 Å². The Labute approximate surface area is 114 Å². The molecule has 108 valence electrons. The standard InChI is InChI=1S/C14H24N2O3/c1-13(2)10(6-7-11(17)16-13)15-12(18)14(19)8-4-3-5-9-14/h10,19H,3-9H2,1-2H3,(H,15,18)(H,16,17). The van der Waals surface area contributed by atoms with Crippen molar-refractivity contribution in [3.8, 4) is 0 Å². The molecule has 5 nitrogen and oxygen atoms in total. The van der Waals surface area contributed by atoms with Crippen molar-refractivity contribution in [1.82, 2.24) is 10.6 Å². The van der Waals surface area contributed by atoms with Gasteiger partial charge in [-0.25, -0.2) is 0 Å². The van der Waals surface area contributed by atoms with Crippen LogP contribution in [-0.4, -0.2) is 34.1 Å². The molecule has 0 spiro atoms. The number of piperidine rings is 1. The van der Waals surface area contributed by atoms with Crippen LogP contribution in [0, 0.1) is 0 Å². The van der Waals surface area contributed by atoms with Gasteiger partial charge in [0.05, 0.1) is 11.6 Å². The van der Waals surface area contributed by atoms with Crippen molar-refractivity contribution >= 4 is 11.8 Å². The highest BCUT2D eigenvalue weighted by Gasteiger charge is 2.42. The summed E-state index contributed by atoms with van der Waals surface area (Å²) in [6.45, 7) is 3.81. The Morgan fingerprint density at radius 1 is 1.32 bits per heavy atom. The van der Waals surface area contributed by atoms with Gasteiger partial charge in [0.1, 0.15) is 5.60 Å². The highest BCUT2D eigenvalue weighted by Crippen LogP contribution is 2.29. The number of rotatable bonds is 2. The summed E-state index contributed by atoms with van der Waals surface area (Å²) in [6.07, 6.45) is 5.01. The fourth-order valence-electron chi connectivity index (χ4n) is 3.05. The molecular weight excluding hydrogens is 244 g/mol. The number of hydrogen-bond acceptors (Lipinski definition) is 3. The van der Waals surface area contributed by atoms with E-state index in [9.17, 15) is 14.7 Å². The Kier molecular flexibility index (Phi) is 3.85. The van der Waals surface area contributed by atoms with Crippen LogP contribution >= 0.6 is 0 Å². The van der Waals surface area contributed by atoms with Gasteiger partial charge in [0, 0.05) is 6.42 Å². The third-order valence-electron chi connectivity index (χ3n) is 4.40. The summed E-state index contributed by atoms with van der Waals surface area (Å²) in [5.74, 6) is -0.256. The minimum atomic E-state index is -1.21. The number of hydrogen-bond donors (Lipinski definition) is 3. The first-order valence-corrected chi connectivity index (χ1v) is 7.18. The summed E-state index contributed by atoms with van der Waals surface area (Å²) in [4.78, 5) is 23.7. The van der Waals surface area contributed by atoms with Gasteiger partial charge < -0.3 is 15.7 Å². The van der Waals surface area contributed by atoms with Crippen molar-refractivity contribution in [3.63, 3.8) is 0 Å². The van der Waals surface area contributed by atoms with E-state index in [1.165, 1.54) is 0 Å². The highest BCUT2D eigenvalue weighted by atomic mass is 16.3. The number of aliphatic hydroxyl groups is 1. The van der Waals surface area contributed by atoms with Gasteiger partial charge in [-0.2, -0.15) is 0 Å². The van der Waals surface area contributed by atoms with Crippen molar-refractivity contribution in [2.24, 2.45) is 0 Å². The summed E-state index contributed by atoms with van der Waals surface area (Å²) in [7, 11) is 0. The van der Waals surface area contributed by atoms with Crippen LogP contribution < -0.4 is 10.6 Å². The Hall–Kier alpha value is -1.10. The van der Waals surface area contributed by atoms with E-state index in [4.69, 9.17) is 0 Å². The summed E-state index contributed by atoms with van der Waals surface area (Å²) < 4.78 is 0. The fourth-order valence-corrected chi connectivity index (χ4v) is 3.05. The van der Waals surface area contributed by atoms with E-state index >= 15 is 0 Å². The first-order chi connectivity index (χ1) is 8.83. The fraction of sp³-hybridized carbons (Fsp3) is 0.857. The van der Waals surface area contributed by atoms with Crippen molar-refractivity contribution in [1.29, 1.82) is 0 Å². The number of amides is 2. The molecule has 0 aromatic carbocycles. The second-order valence-electron chi connectivity index (χ2n) is 6.43. The number of nitrogens with one attached hydrogen (secondary N) is 2. The molecule has 1 aliphatic carbocycles. The molecule has 1 heterocycles. The van der Waals surface area contributed by atoms with Crippen LogP contribution in [0.3, 0.4) is 0 Å². The van der Waals surface area contributed by atoms with Crippen LogP contribution in [0.2, 0.25) is 0 Å². The molecule has 2 rings (SSSR count). The van der Waals surface area contributed by atoms with E-state index < -0.39 is 11.1 Å². The molecule has 1 atom stereocenters. The van der Waals surface area contributed by atoms with Crippen LogP contribution in [-0.2, 0) is 9.59 Å².